The smallest absolute Gasteiger partial charge is 0.258 e. The number of hydrogen-bond acceptors (Lipinski definition) is 3. The molecule has 0 heterocycles. The van der Waals surface area contributed by atoms with Crippen LogP contribution in [0.25, 0.3) is 0 Å². The summed E-state index contributed by atoms with van der Waals surface area (Å²) >= 11 is 0. The Morgan fingerprint density at radius 3 is 2.00 bits per heavy atom. The first kappa shape index (κ1) is 19.2. The topological polar surface area (TPSA) is 52.7 Å². The monoisotopic (exact) mass is 373 g/mol. The maximum atomic E-state index is 12.8. The predicted octanol–water partition coefficient (Wildman–Crippen LogP) is 4.28. The molecule has 0 radical (unpaired) electrons. The van der Waals surface area contributed by atoms with Gasteiger partial charge in [-0.15, -0.1) is 0 Å². The molecule has 3 rings (SSSR count). The maximum Gasteiger partial charge on any atom is 0.258 e. The van der Waals surface area contributed by atoms with Crippen LogP contribution in [0, 0.1) is 0 Å². The average Bonchev–Trinajstić information content (AvgIpc) is 2.73. The van der Waals surface area contributed by atoms with Gasteiger partial charge in [0.1, 0.15) is 0 Å². The molecule has 0 aliphatic rings. The van der Waals surface area contributed by atoms with Crippen molar-refractivity contribution in [3.63, 3.8) is 0 Å². The van der Waals surface area contributed by atoms with E-state index in [0.29, 0.717) is 16.8 Å². The molecule has 0 saturated carbocycles. The Kier molecular flexibility index (Phi) is 5.75. The lowest BCUT2D eigenvalue weighted by Crippen LogP contribution is -2.26. The number of nitrogens with one attached hydrogen (secondary N) is 1. The summed E-state index contributed by atoms with van der Waals surface area (Å²) in [5, 5.41) is 2.87. The summed E-state index contributed by atoms with van der Waals surface area (Å²) in [6.07, 6.45) is 0. The molecule has 0 aliphatic heterocycles. The Morgan fingerprint density at radius 2 is 1.36 bits per heavy atom. The number of nitrogens with zero attached hydrogens (tertiary/aromatic N) is 2. The molecule has 3 aromatic rings. The SMILES string of the molecule is CN(C)c1ccc(NC(=O)c2cccc(C(=O)N(C)c3ccccc3)c2)cc1. The second-order valence-corrected chi connectivity index (χ2v) is 6.68. The average molecular weight is 373 g/mol. The Morgan fingerprint density at radius 1 is 0.714 bits per heavy atom. The van der Waals surface area contributed by atoms with Gasteiger partial charge in [-0.05, 0) is 54.6 Å². The van der Waals surface area contributed by atoms with Gasteiger partial charge in [-0.3, -0.25) is 9.59 Å². The number of carbonyl (C=O) groups is 2. The van der Waals surface area contributed by atoms with Gasteiger partial charge in [-0.2, -0.15) is 0 Å². The molecule has 1 N–H and O–H groups in total. The lowest BCUT2D eigenvalue weighted by Gasteiger charge is -2.17. The summed E-state index contributed by atoms with van der Waals surface area (Å²) in [4.78, 5) is 28.9. The summed E-state index contributed by atoms with van der Waals surface area (Å²) in [6, 6.07) is 23.7. The minimum absolute atomic E-state index is 0.170. The van der Waals surface area contributed by atoms with Gasteiger partial charge in [-0.25, -0.2) is 0 Å². The first-order valence-electron chi connectivity index (χ1n) is 8.97. The molecular formula is C23H23N3O2. The van der Waals surface area contributed by atoms with Gasteiger partial charge in [0.05, 0.1) is 0 Å². The molecule has 0 spiro atoms. The minimum atomic E-state index is -0.255. The Bertz CT molecular complexity index is 967. The largest absolute Gasteiger partial charge is 0.378 e. The molecule has 0 bridgehead atoms. The van der Waals surface area contributed by atoms with Crippen LogP contribution in [0.5, 0.6) is 0 Å². The fourth-order valence-corrected chi connectivity index (χ4v) is 2.80. The fourth-order valence-electron chi connectivity index (χ4n) is 2.80. The fraction of sp³-hybridized carbons (Fsp3) is 0.130. The molecule has 5 nitrogen and oxygen atoms in total. The van der Waals surface area contributed by atoms with Crippen molar-refractivity contribution in [2.45, 2.75) is 0 Å². The summed E-state index contributed by atoms with van der Waals surface area (Å²) in [5.74, 6) is -0.425. The van der Waals surface area contributed by atoms with Crippen LogP contribution in [-0.2, 0) is 0 Å². The molecule has 0 saturated heterocycles. The van der Waals surface area contributed by atoms with Gasteiger partial charge in [0.15, 0.2) is 0 Å². The van der Waals surface area contributed by atoms with Gasteiger partial charge >= 0.3 is 0 Å². The number of rotatable bonds is 5. The first-order valence-corrected chi connectivity index (χ1v) is 8.97. The normalized spacial score (nSPS) is 10.2. The van der Waals surface area contributed by atoms with Crippen molar-refractivity contribution in [2.24, 2.45) is 0 Å². The van der Waals surface area contributed by atoms with E-state index in [1.54, 1.807) is 36.2 Å². The predicted molar refractivity (Wildman–Crippen MR) is 114 cm³/mol. The van der Waals surface area contributed by atoms with E-state index in [1.165, 1.54) is 0 Å². The van der Waals surface area contributed by atoms with Gasteiger partial charge in [0.2, 0.25) is 0 Å². The van der Waals surface area contributed by atoms with Crippen LogP contribution in [0.2, 0.25) is 0 Å². The van der Waals surface area contributed by atoms with Crippen LogP contribution in [0.3, 0.4) is 0 Å². The molecule has 0 aliphatic carbocycles. The van der Waals surface area contributed by atoms with Crippen LogP contribution in [0.1, 0.15) is 20.7 Å². The highest BCUT2D eigenvalue weighted by Gasteiger charge is 2.15. The molecule has 0 atom stereocenters. The van der Waals surface area contributed by atoms with E-state index < -0.39 is 0 Å². The number of benzene rings is 3. The van der Waals surface area contributed by atoms with E-state index in [0.717, 1.165) is 11.4 Å². The Hall–Kier alpha value is -3.60. The van der Waals surface area contributed by atoms with E-state index in [9.17, 15) is 9.59 Å². The van der Waals surface area contributed by atoms with E-state index >= 15 is 0 Å². The van der Waals surface area contributed by atoms with Crippen molar-refractivity contribution in [3.05, 3.63) is 90.0 Å². The third-order valence-electron chi connectivity index (χ3n) is 4.46. The maximum absolute atomic E-state index is 12.8. The zero-order valence-corrected chi connectivity index (χ0v) is 16.2. The van der Waals surface area contributed by atoms with Gasteiger partial charge in [0, 0.05) is 49.3 Å². The molecule has 28 heavy (non-hydrogen) atoms. The zero-order valence-electron chi connectivity index (χ0n) is 16.2. The van der Waals surface area contributed by atoms with Crippen molar-refractivity contribution in [1.29, 1.82) is 0 Å². The molecular weight excluding hydrogens is 350 g/mol. The Balaban J connectivity index is 1.75. The number of anilines is 3. The molecule has 0 fully saturated rings. The highest BCUT2D eigenvalue weighted by molar-refractivity contribution is 6.09. The third-order valence-corrected chi connectivity index (χ3v) is 4.46. The van der Waals surface area contributed by atoms with Crippen LogP contribution in [0.4, 0.5) is 17.1 Å². The van der Waals surface area contributed by atoms with E-state index in [2.05, 4.69) is 5.32 Å². The zero-order chi connectivity index (χ0) is 20.1. The summed E-state index contributed by atoms with van der Waals surface area (Å²) < 4.78 is 0. The molecule has 2 amide bonds. The summed E-state index contributed by atoms with van der Waals surface area (Å²) in [5.41, 5.74) is 3.44. The van der Waals surface area contributed by atoms with Gasteiger partial charge < -0.3 is 15.1 Å². The standard InChI is InChI=1S/C23H23N3O2/c1-25(2)20-14-12-19(13-15-20)24-22(27)17-8-7-9-18(16-17)23(28)26(3)21-10-5-4-6-11-21/h4-16H,1-3H3,(H,24,27). The number of carbonyl (C=O) groups excluding carboxylic acids is 2. The highest BCUT2D eigenvalue weighted by atomic mass is 16.2. The quantitative estimate of drug-likeness (QED) is 0.726. The van der Waals surface area contributed by atoms with Crippen molar-refractivity contribution >= 4 is 28.9 Å². The summed E-state index contributed by atoms with van der Waals surface area (Å²) in [6.45, 7) is 0. The van der Waals surface area contributed by atoms with Crippen molar-refractivity contribution < 1.29 is 9.59 Å². The van der Waals surface area contributed by atoms with Gasteiger partial charge in [-0.1, -0.05) is 24.3 Å². The van der Waals surface area contributed by atoms with E-state index in [1.807, 2.05) is 73.6 Å². The Labute approximate surface area is 165 Å². The van der Waals surface area contributed by atoms with Crippen molar-refractivity contribution in [1.82, 2.24) is 0 Å². The molecule has 0 aromatic heterocycles. The van der Waals surface area contributed by atoms with Crippen molar-refractivity contribution in [2.75, 3.05) is 36.3 Å². The van der Waals surface area contributed by atoms with Crippen molar-refractivity contribution in [3.8, 4) is 0 Å². The molecule has 142 valence electrons. The molecule has 5 heteroatoms. The van der Waals surface area contributed by atoms with Crippen LogP contribution in [0.15, 0.2) is 78.9 Å². The highest BCUT2D eigenvalue weighted by Crippen LogP contribution is 2.18. The third kappa shape index (κ3) is 4.38. The number of para-hydroxylation sites is 1. The second-order valence-electron chi connectivity index (χ2n) is 6.68. The lowest BCUT2D eigenvalue weighted by molar-refractivity contribution is 0.0993. The first-order chi connectivity index (χ1) is 13.5. The number of hydrogen-bond donors (Lipinski definition) is 1. The van der Waals surface area contributed by atoms with E-state index in [-0.39, 0.29) is 11.8 Å². The summed E-state index contributed by atoms with van der Waals surface area (Å²) in [7, 11) is 5.64. The van der Waals surface area contributed by atoms with Gasteiger partial charge in [0.25, 0.3) is 11.8 Å². The number of amides is 2. The second kappa shape index (κ2) is 8.39. The van der Waals surface area contributed by atoms with Crippen LogP contribution in [-0.4, -0.2) is 33.0 Å². The molecule has 3 aromatic carbocycles. The van der Waals surface area contributed by atoms with Crippen LogP contribution >= 0.6 is 0 Å². The van der Waals surface area contributed by atoms with E-state index in [4.69, 9.17) is 0 Å². The lowest BCUT2D eigenvalue weighted by atomic mass is 10.1. The molecule has 0 unspecified atom stereocenters. The minimum Gasteiger partial charge on any atom is -0.378 e. The van der Waals surface area contributed by atoms with Crippen LogP contribution < -0.4 is 15.1 Å².